The van der Waals surface area contributed by atoms with Crippen LogP contribution in [0.4, 0.5) is 5.69 Å². The topological polar surface area (TPSA) is 78.1 Å². The third-order valence-electron chi connectivity index (χ3n) is 2.26. The third-order valence-corrected chi connectivity index (χ3v) is 2.26. The van der Waals surface area contributed by atoms with Gasteiger partial charge in [0.2, 0.25) is 0 Å². The van der Waals surface area contributed by atoms with Crippen molar-refractivity contribution in [3.63, 3.8) is 0 Å². The maximum atomic E-state index is 5.94. The molecule has 0 bridgehead atoms. The number of nitrogens with two attached hydrogens (primary N) is 3. The SMILES string of the molecule is NCCCC(N)Cc1ccc(N)cc1. The van der Waals surface area contributed by atoms with Gasteiger partial charge in [0, 0.05) is 11.7 Å². The van der Waals surface area contributed by atoms with Gasteiger partial charge in [-0.2, -0.15) is 0 Å². The highest BCUT2D eigenvalue weighted by Gasteiger charge is 2.02. The van der Waals surface area contributed by atoms with Gasteiger partial charge in [-0.25, -0.2) is 0 Å². The van der Waals surface area contributed by atoms with Crippen LogP contribution in [0.15, 0.2) is 24.3 Å². The van der Waals surface area contributed by atoms with Gasteiger partial charge >= 0.3 is 0 Å². The van der Waals surface area contributed by atoms with Crippen LogP contribution in [0.3, 0.4) is 0 Å². The lowest BCUT2D eigenvalue weighted by molar-refractivity contribution is 0.585. The Morgan fingerprint density at radius 2 is 1.79 bits per heavy atom. The van der Waals surface area contributed by atoms with Crippen LogP contribution < -0.4 is 17.2 Å². The molecule has 0 spiro atoms. The summed E-state index contributed by atoms with van der Waals surface area (Å²) < 4.78 is 0. The summed E-state index contributed by atoms with van der Waals surface area (Å²) >= 11 is 0. The van der Waals surface area contributed by atoms with E-state index in [2.05, 4.69) is 0 Å². The minimum absolute atomic E-state index is 0.210. The van der Waals surface area contributed by atoms with Crippen LogP contribution in [0.5, 0.6) is 0 Å². The van der Waals surface area contributed by atoms with Gasteiger partial charge in [0.25, 0.3) is 0 Å². The number of benzene rings is 1. The fourth-order valence-electron chi connectivity index (χ4n) is 1.44. The van der Waals surface area contributed by atoms with E-state index >= 15 is 0 Å². The molecule has 1 aromatic carbocycles. The first-order chi connectivity index (χ1) is 6.72. The Morgan fingerprint density at radius 1 is 1.14 bits per heavy atom. The lowest BCUT2D eigenvalue weighted by Gasteiger charge is -2.10. The minimum atomic E-state index is 0.210. The maximum absolute atomic E-state index is 5.94. The van der Waals surface area contributed by atoms with Crippen LogP contribution in [-0.2, 0) is 6.42 Å². The highest BCUT2D eigenvalue weighted by Crippen LogP contribution is 2.08. The third kappa shape index (κ3) is 3.77. The largest absolute Gasteiger partial charge is 0.399 e. The van der Waals surface area contributed by atoms with E-state index in [1.54, 1.807) is 0 Å². The van der Waals surface area contributed by atoms with Crippen molar-refractivity contribution in [3.05, 3.63) is 29.8 Å². The van der Waals surface area contributed by atoms with Crippen molar-refractivity contribution in [1.29, 1.82) is 0 Å². The van der Waals surface area contributed by atoms with Crippen molar-refractivity contribution >= 4 is 5.69 Å². The highest BCUT2D eigenvalue weighted by atomic mass is 14.6. The lowest BCUT2D eigenvalue weighted by atomic mass is 10.0. The van der Waals surface area contributed by atoms with Gasteiger partial charge in [-0.3, -0.25) is 0 Å². The van der Waals surface area contributed by atoms with Crippen molar-refractivity contribution < 1.29 is 0 Å². The van der Waals surface area contributed by atoms with Gasteiger partial charge in [0.1, 0.15) is 0 Å². The smallest absolute Gasteiger partial charge is 0.0314 e. The second-order valence-electron chi connectivity index (χ2n) is 3.64. The van der Waals surface area contributed by atoms with Crippen molar-refractivity contribution in [1.82, 2.24) is 0 Å². The molecule has 0 aliphatic rings. The lowest BCUT2D eigenvalue weighted by Crippen LogP contribution is -2.23. The van der Waals surface area contributed by atoms with Crippen molar-refractivity contribution in [2.75, 3.05) is 12.3 Å². The monoisotopic (exact) mass is 193 g/mol. The van der Waals surface area contributed by atoms with E-state index in [0.29, 0.717) is 0 Å². The first kappa shape index (κ1) is 11.0. The first-order valence-corrected chi connectivity index (χ1v) is 5.02. The fourth-order valence-corrected chi connectivity index (χ4v) is 1.44. The number of rotatable bonds is 5. The van der Waals surface area contributed by atoms with Gasteiger partial charge in [-0.15, -0.1) is 0 Å². The summed E-state index contributed by atoms with van der Waals surface area (Å²) in [5, 5.41) is 0. The summed E-state index contributed by atoms with van der Waals surface area (Å²) in [6.45, 7) is 0.718. The van der Waals surface area contributed by atoms with Crippen molar-refractivity contribution in [2.45, 2.75) is 25.3 Å². The molecule has 6 N–H and O–H groups in total. The number of hydrogen-bond acceptors (Lipinski definition) is 3. The van der Waals surface area contributed by atoms with Gasteiger partial charge in [0.15, 0.2) is 0 Å². The Kier molecular flexibility index (Phi) is 4.43. The first-order valence-electron chi connectivity index (χ1n) is 5.02. The average Bonchev–Trinajstić information content (AvgIpc) is 2.18. The molecule has 0 saturated heterocycles. The van der Waals surface area contributed by atoms with Gasteiger partial charge < -0.3 is 17.2 Å². The Bertz CT molecular complexity index is 256. The van der Waals surface area contributed by atoms with E-state index < -0.39 is 0 Å². The Labute approximate surface area is 85.3 Å². The number of nitrogen functional groups attached to an aromatic ring is 1. The Balaban J connectivity index is 2.39. The molecule has 1 unspecified atom stereocenters. The molecule has 0 aliphatic carbocycles. The average molecular weight is 193 g/mol. The van der Waals surface area contributed by atoms with Gasteiger partial charge in [-0.1, -0.05) is 12.1 Å². The molecule has 0 heterocycles. The maximum Gasteiger partial charge on any atom is 0.0314 e. The molecule has 0 fully saturated rings. The predicted molar refractivity (Wildman–Crippen MR) is 60.8 cm³/mol. The van der Waals surface area contributed by atoms with Crippen molar-refractivity contribution in [2.24, 2.45) is 11.5 Å². The van der Waals surface area contributed by atoms with E-state index in [9.17, 15) is 0 Å². The summed E-state index contributed by atoms with van der Waals surface area (Å²) in [6, 6.07) is 8.08. The van der Waals surface area contributed by atoms with Crippen LogP contribution in [0, 0.1) is 0 Å². The zero-order valence-electron chi connectivity index (χ0n) is 8.45. The summed E-state index contributed by atoms with van der Waals surface area (Å²) in [5.41, 5.74) is 19.0. The Hall–Kier alpha value is -1.06. The summed E-state index contributed by atoms with van der Waals surface area (Å²) in [6.07, 6.45) is 2.89. The van der Waals surface area contributed by atoms with Crippen LogP contribution in [0.2, 0.25) is 0 Å². The molecule has 1 rings (SSSR count). The molecule has 0 radical (unpaired) electrons. The van der Waals surface area contributed by atoms with Gasteiger partial charge in [-0.05, 0) is 43.5 Å². The van der Waals surface area contributed by atoms with Crippen LogP contribution in [0.25, 0.3) is 0 Å². The van der Waals surface area contributed by atoms with E-state index in [-0.39, 0.29) is 6.04 Å². The molecule has 1 aromatic rings. The van der Waals surface area contributed by atoms with E-state index in [1.165, 1.54) is 5.56 Å². The quantitative estimate of drug-likeness (QED) is 0.607. The number of hydrogen-bond donors (Lipinski definition) is 3. The normalized spacial score (nSPS) is 12.7. The zero-order valence-corrected chi connectivity index (χ0v) is 8.45. The molecule has 3 nitrogen and oxygen atoms in total. The Morgan fingerprint density at radius 3 is 2.36 bits per heavy atom. The molecule has 14 heavy (non-hydrogen) atoms. The number of anilines is 1. The van der Waals surface area contributed by atoms with E-state index in [1.807, 2.05) is 24.3 Å². The molecular weight excluding hydrogens is 174 g/mol. The summed E-state index contributed by atoms with van der Waals surface area (Å²) in [5.74, 6) is 0. The molecule has 3 heteroatoms. The van der Waals surface area contributed by atoms with Crippen LogP contribution in [-0.4, -0.2) is 12.6 Å². The zero-order chi connectivity index (χ0) is 10.4. The van der Waals surface area contributed by atoms with Gasteiger partial charge in [0.05, 0.1) is 0 Å². The molecule has 1 atom stereocenters. The standard InChI is InChI=1S/C11H19N3/c12-7-1-2-11(14)8-9-3-5-10(13)6-4-9/h3-6,11H,1-2,7-8,12-14H2. The highest BCUT2D eigenvalue weighted by molar-refractivity contribution is 5.39. The second kappa shape index (κ2) is 5.62. The molecular formula is C11H19N3. The molecule has 0 amide bonds. The molecule has 0 aliphatic heterocycles. The summed E-state index contributed by atoms with van der Waals surface area (Å²) in [4.78, 5) is 0. The molecule has 78 valence electrons. The summed E-state index contributed by atoms with van der Waals surface area (Å²) in [7, 11) is 0. The minimum Gasteiger partial charge on any atom is -0.399 e. The fraction of sp³-hybridized carbons (Fsp3) is 0.455. The van der Waals surface area contributed by atoms with Crippen LogP contribution in [0.1, 0.15) is 18.4 Å². The predicted octanol–water partition coefficient (Wildman–Crippen LogP) is 0.878. The molecule has 0 aromatic heterocycles. The van der Waals surface area contributed by atoms with E-state index in [0.717, 1.165) is 31.5 Å². The molecule has 0 saturated carbocycles. The second-order valence-corrected chi connectivity index (χ2v) is 3.64. The van der Waals surface area contributed by atoms with E-state index in [4.69, 9.17) is 17.2 Å². The van der Waals surface area contributed by atoms with Crippen LogP contribution >= 0.6 is 0 Å². The van der Waals surface area contributed by atoms with Crippen molar-refractivity contribution in [3.8, 4) is 0 Å².